The Bertz CT molecular complexity index is 495. The quantitative estimate of drug-likeness (QED) is 0.753. The van der Waals surface area contributed by atoms with Gasteiger partial charge in [-0.25, -0.2) is 0 Å². The van der Waals surface area contributed by atoms with Crippen molar-refractivity contribution in [1.82, 2.24) is 0 Å². The third-order valence-corrected chi connectivity index (χ3v) is 4.25. The summed E-state index contributed by atoms with van der Waals surface area (Å²) in [6.07, 6.45) is 3.31. The van der Waals surface area contributed by atoms with Crippen molar-refractivity contribution in [1.29, 1.82) is 0 Å². The van der Waals surface area contributed by atoms with Crippen molar-refractivity contribution in [2.75, 3.05) is 11.9 Å². The van der Waals surface area contributed by atoms with Gasteiger partial charge in [-0.05, 0) is 36.5 Å². The third-order valence-electron chi connectivity index (χ3n) is 4.25. The molecule has 3 rings (SSSR count). The molecule has 4 heteroatoms. The Morgan fingerprint density at radius 1 is 1.39 bits per heavy atom. The lowest BCUT2D eigenvalue weighted by molar-refractivity contribution is -0.116. The van der Waals surface area contributed by atoms with Gasteiger partial charge in [-0.3, -0.25) is 4.79 Å². The van der Waals surface area contributed by atoms with Crippen LogP contribution in [0, 0.1) is 5.41 Å². The van der Waals surface area contributed by atoms with Crippen LogP contribution < -0.4 is 11.1 Å². The van der Waals surface area contributed by atoms with E-state index in [9.17, 15) is 9.90 Å². The average molecular weight is 246 g/mol. The number of nitrogens with two attached hydrogens (primary N) is 1. The molecule has 0 bridgehead atoms. The van der Waals surface area contributed by atoms with Crippen molar-refractivity contribution in [2.24, 2.45) is 11.1 Å². The Labute approximate surface area is 106 Å². The zero-order valence-corrected chi connectivity index (χ0v) is 10.3. The van der Waals surface area contributed by atoms with Crippen LogP contribution >= 0.6 is 0 Å². The summed E-state index contributed by atoms with van der Waals surface area (Å²) in [7, 11) is 0. The van der Waals surface area contributed by atoms with Crippen molar-refractivity contribution in [2.45, 2.75) is 31.7 Å². The first kappa shape index (κ1) is 11.7. The van der Waals surface area contributed by atoms with Crippen molar-refractivity contribution in [3.05, 3.63) is 29.3 Å². The van der Waals surface area contributed by atoms with E-state index in [0.717, 1.165) is 36.1 Å². The van der Waals surface area contributed by atoms with Crippen LogP contribution in [0.3, 0.4) is 0 Å². The summed E-state index contributed by atoms with van der Waals surface area (Å²) in [4.78, 5) is 11.3. The summed E-state index contributed by atoms with van der Waals surface area (Å²) in [5.74, 6) is 0.0774. The predicted octanol–water partition coefficient (Wildman–Crippen LogP) is 1.34. The number of aliphatic hydroxyl groups excluding tert-OH is 1. The van der Waals surface area contributed by atoms with E-state index in [1.807, 2.05) is 12.1 Å². The number of benzene rings is 1. The normalized spacial score (nSPS) is 22.0. The van der Waals surface area contributed by atoms with Crippen LogP contribution in [0.2, 0.25) is 0 Å². The standard InChI is InChI=1S/C14H18N2O2/c15-13(14(8-17)5-6-14)10-1-3-11-9(7-10)2-4-12(18)16-11/h1,3,7,13,17H,2,4-6,8,15H2,(H,16,18). The van der Waals surface area contributed by atoms with Crippen LogP contribution in [0.1, 0.15) is 36.4 Å². The van der Waals surface area contributed by atoms with E-state index in [1.54, 1.807) is 0 Å². The topological polar surface area (TPSA) is 75.4 Å². The van der Waals surface area contributed by atoms with Crippen molar-refractivity contribution in [3.8, 4) is 0 Å². The Kier molecular flexibility index (Phi) is 2.64. The Morgan fingerprint density at radius 3 is 2.83 bits per heavy atom. The van der Waals surface area contributed by atoms with Crippen molar-refractivity contribution >= 4 is 11.6 Å². The number of rotatable bonds is 3. The maximum atomic E-state index is 11.3. The molecule has 4 nitrogen and oxygen atoms in total. The predicted molar refractivity (Wildman–Crippen MR) is 69.1 cm³/mol. The van der Waals surface area contributed by atoms with E-state index in [2.05, 4.69) is 11.4 Å². The number of carbonyl (C=O) groups excluding carboxylic acids is 1. The Hall–Kier alpha value is -1.39. The lowest BCUT2D eigenvalue weighted by atomic mass is 9.89. The fourth-order valence-corrected chi connectivity index (χ4v) is 2.68. The highest BCUT2D eigenvalue weighted by molar-refractivity contribution is 5.93. The molecule has 1 aromatic carbocycles. The largest absolute Gasteiger partial charge is 0.396 e. The van der Waals surface area contributed by atoms with Gasteiger partial charge >= 0.3 is 0 Å². The Balaban J connectivity index is 1.88. The highest BCUT2D eigenvalue weighted by Gasteiger charge is 2.47. The molecular formula is C14H18N2O2. The molecule has 1 unspecified atom stereocenters. The summed E-state index contributed by atoms with van der Waals surface area (Å²) in [5.41, 5.74) is 9.27. The van der Waals surface area contributed by atoms with Crippen LogP contribution in [0.4, 0.5) is 5.69 Å². The molecule has 4 N–H and O–H groups in total. The molecular weight excluding hydrogens is 228 g/mol. The number of amides is 1. The molecule has 1 fully saturated rings. The molecule has 1 aliphatic carbocycles. The molecule has 0 radical (unpaired) electrons. The third kappa shape index (κ3) is 1.82. The van der Waals surface area contributed by atoms with Crippen LogP contribution in [0.5, 0.6) is 0 Å². The van der Waals surface area contributed by atoms with E-state index in [4.69, 9.17) is 5.73 Å². The first-order chi connectivity index (χ1) is 8.64. The van der Waals surface area contributed by atoms with Crippen molar-refractivity contribution in [3.63, 3.8) is 0 Å². The lowest BCUT2D eigenvalue weighted by Crippen LogP contribution is -2.26. The first-order valence-corrected chi connectivity index (χ1v) is 6.44. The number of hydrogen-bond acceptors (Lipinski definition) is 3. The number of hydrogen-bond donors (Lipinski definition) is 3. The molecule has 1 atom stereocenters. The number of nitrogens with one attached hydrogen (secondary N) is 1. The first-order valence-electron chi connectivity index (χ1n) is 6.44. The average Bonchev–Trinajstić information content (AvgIpc) is 3.18. The lowest BCUT2D eigenvalue weighted by Gasteiger charge is -2.24. The van der Waals surface area contributed by atoms with Gasteiger partial charge in [0, 0.05) is 23.6 Å². The maximum Gasteiger partial charge on any atom is 0.224 e. The molecule has 18 heavy (non-hydrogen) atoms. The monoisotopic (exact) mass is 246 g/mol. The highest BCUT2D eigenvalue weighted by atomic mass is 16.3. The molecule has 0 saturated heterocycles. The van der Waals surface area contributed by atoms with Gasteiger partial charge in [0.2, 0.25) is 5.91 Å². The maximum absolute atomic E-state index is 11.3. The summed E-state index contributed by atoms with van der Waals surface area (Å²) in [5, 5.41) is 12.3. The number of fused-ring (bicyclic) bond motifs is 1. The molecule has 1 aromatic rings. The molecule has 0 aromatic heterocycles. The SMILES string of the molecule is NC(c1ccc2c(c1)CCC(=O)N2)C1(CO)CC1. The molecule has 1 heterocycles. The zero-order chi connectivity index (χ0) is 12.8. The van der Waals surface area contributed by atoms with Gasteiger partial charge in [-0.2, -0.15) is 0 Å². The smallest absolute Gasteiger partial charge is 0.224 e. The van der Waals surface area contributed by atoms with Gasteiger partial charge < -0.3 is 16.2 Å². The van der Waals surface area contributed by atoms with E-state index in [0.29, 0.717) is 6.42 Å². The van der Waals surface area contributed by atoms with Crippen LogP contribution in [0.25, 0.3) is 0 Å². The minimum absolute atomic E-state index is 0.0774. The van der Waals surface area contributed by atoms with Gasteiger partial charge in [0.15, 0.2) is 0 Å². The van der Waals surface area contributed by atoms with E-state index < -0.39 is 0 Å². The second-order valence-electron chi connectivity index (χ2n) is 5.46. The molecule has 96 valence electrons. The number of anilines is 1. The minimum Gasteiger partial charge on any atom is -0.396 e. The van der Waals surface area contributed by atoms with Gasteiger partial charge in [-0.15, -0.1) is 0 Å². The zero-order valence-electron chi connectivity index (χ0n) is 10.3. The van der Waals surface area contributed by atoms with Crippen LogP contribution in [-0.4, -0.2) is 17.6 Å². The molecule has 1 saturated carbocycles. The highest BCUT2D eigenvalue weighted by Crippen LogP contribution is 2.53. The van der Waals surface area contributed by atoms with Gasteiger partial charge in [0.1, 0.15) is 0 Å². The fourth-order valence-electron chi connectivity index (χ4n) is 2.68. The van der Waals surface area contributed by atoms with E-state index >= 15 is 0 Å². The summed E-state index contributed by atoms with van der Waals surface area (Å²) >= 11 is 0. The second kappa shape index (κ2) is 4.07. The minimum atomic E-state index is -0.106. The molecule has 1 amide bonds. The molecule has 1 aliphatic heterocycles. The summed E-state index contributed by atoms with van der Waals surface area (Å²) < 4.78 is 0. The van der Waals surface area contributed by atoms with Gasteiger partial charge in [0.05, 0.1) is 6.61 Å². The van der Waals surface area contributed by atoms with E-state index in [1.165, 1.54) is 0 Å². The van der Waals surface area contributed by atoms with Crippen LogP contribution in [-0.2, 0) is 11.2 Å². The van der Waals surface area contributed by atoms with Crippen molar-refractivity contribution < 1.29 is 9.90 Å². The second-order valence-corrected chi connectivity index (χ2v) is 5.46. The van der Waals surface area contributed by atoms with Crippen LogP contribution in [0.15, 0.2) is 18.2 Å². The summed E-state index contributed by atoms with van der Waals surface area (Å²) in [6.45, 7) is 0.155. The fraction of sp³-hybridized carbons (Fsp3) is 0.500. The number of aliphatic hydroxyl groups is 1. The molecule has 0 spiro atoms. The summed E-state index contributed by atoms with van der Waals surface area (Å²) in [6, 6.07) is 5.86. The Morgan fingerprint density at radius 2 is 2.17 bits per heavy atom. The van der Waals surface area contributed by atoms with Gasteiger partial charge in [-0.1, -0.05) is 12.1 Å². The molecule has 2 aliphatic rings. The van der Waals surface area contributed by atoms with E-state index in [-0.39, 0.29) is 24.0 Å². The number of aryl methyl sites for hydroxylation is 1. The number of carbonyl (C=O) groups is 1. The van der Waals surface area contributed by atoms with Gasteiger partial charge in [0.25, 0.3) is 0 Å².